The van der Waals surface area contributed by atoms with E-state index < -0.39 is 24.0 Å². The van der Waals surface area contributed by atoms with Gasteiger partial charge in [0.25, 0.3) is 0 Å². The summed E-state index contributed by atoms with van der Waals surface area (Å²) in [5, 5.41) is 19.8. The lowest BCUT2D eigenvalue weighted by molar-refractivity contribution is -0.140. The first-order chi connectivity index (χ1) is 8.79. The van der Waals surface area contributed by atoms with Crippen molar-refractivity contribution in [3.05, 3.63) is 12.7 Å². The third-order valence-electron chi connectivity index (χ3n) is 2.45. The number of carbonyl (C=O) groups is 3. The molecule has 0 aromatic heterocycles. The average molecular weight is 272 g/mol. The summed E-state index contributed by atoms with van der Waals surface area (Å²) in [5.41, 5.74) is 0. The summed E-state index contributed by atoms with van der Waals surface area (Å²) in [6.45, 7) is 7.39. The van der Waals surface area contributed by atoms with Crippen molar-refractivity contribution in [2.75, 3.05) is 6.54 Å². The molecule has 0 aliphatic carbocycles. The molecule has 0 radical (unpaired) electrons. The Kier molecular flexibility index (Phi) is 7.25. The molecule has 0 spiro atoms. The molecule has 0 aliphatic heterocycles. The van der Waals surface area contributed by atoms with E-state index in [2.05, 4.69) is 11.9 Å². The molecule has 0 saturated carbocycles. The van der Waals surface area contributed by atoms with Gasteiger partial charge in [0.2, 0.25) is 0 Å². The van der Waals surface area contributed by atoms with E-state index in [9.17, 15) is 14.4 Å². The van der Waals surface area contributed by atoms with Crippen LogP contribution in [0.25, 0.3) is 0 Å². The van der Waals surface area contributed by atoms with Gasteiger partial charge in [0.1, 0.15) is 6.04 Å². The molecule has 19 heavy (non-hydrogen) atoms. The van der Waals surface area contributed by atoms with Crippen LogP contribution in [0.5, 0.6) is 0 Å². The van der Waals surface area contributed by atoms with Gasteiger partial charge in [-0.2, -0.15) is 0 Å². The molecular formula is C12H20N2O5. The fraction of sp³-hybridized carbons (Fsp3) is 0.583. The number of hydrogen-bond donors (Lipinski definition) is 3. The van der Waals surface area contributed by atoms with E-state index in [1.165, 1.54) is 11.0 Å². The summed E-state index contributed by atoms with van der Waals surface area (Å²) in [6.07, 6.45) is 1.06. The summed E-state index contributed by atoms with van der Waals surface area (Å²) in [7, 11) is 0. The van der Waals surface area contributed by atoms with Gasteiger partial charge in [-0.25, -0.2) is 9.59 Å². The van der Waals surface area contributed by atoms with E-state index in [1.807, 2.05) is 0 Å². The van der Waals surface area contributed by atoms with Gasteiger partial charge in [0.05, 0.1) is 0 Å². The molecule has 1 atom stereocenters. The van der Waals surface area contributed by atoms with Crippen LogP contribution >= 0.6 is 0 Å². The van der Waals surface area contributed by atoms with Gasteiger partial charge >= 0.3 is 18.0 Å². The molecule has 0 heterocycles. The highest BCUT2D eigenvalue weighted by molar-refractivity contribution is 5.83. The van der Waals surface area contributed by atoms with Crippen molar-refractivity contribution in [3.63, 3.8) is 0 Å². The summed E-state index contributed by atoms with van der Waals surface area (Å²) in [4.78, 5) is 34.7. The first-order valence-electron chi connectivity index (χ1n) is 5.92. The van der Waals surface area contributed by atoms with E-state index in [-0.39, 0.29) is 25.4 Å². The number of carboxylic acids is 2. The number of urea groups is 1. The van der Waals surface area contributed by atoms with Crippen LogP contribution in [0.4, 0.5) is 4.79 Å². The predicted molar refractivity (Wildman–Crippen MR) is 68.9 cm³/mol. The minimum atomic E-state index is -1.25. The standard InChI is InChI=1S/C12H20N2O5/c1-4-7-14(8(2)3)12(19)13-9(11(17)18)5-6-10(15)16/h4,8-9H,1,5-7H2,2-3H3,(H,13,19)(H,15,16)(H,17,18)/t9-/m0/s1. The summed E-state index contributed by atoms with van der Waals surface area (Å²) < 4.78 is 0. The van der Waals surface area contributed by atoms with Gasteiger partial charge in [-0.3, -0.25) is 4.79 Å². The summed E-state index contributed by atoms with van der Waals surface area (Å²) >= 11 is 0. The number of nitrogens with one attached hydrogen (secondary N) is 1. The van der Waals surface area contributed by atoms with Gasteiger partial charge < -0.3 is 20.4 Å². The van der Waals surface area contributed by atoms with Crippen molar-refractivity contribution in [2.24, 2.45) is 0 Å². The highest BCUT2D eigenvalue weighted by atomic mass is 16.4. The highest BCUT2D eigenvalue weighted by Gasteiger charge is 2.24. The Bertz CT molecular complexity index is 354. The molecule has 3 N–H and O–H groups in total. The van der Waals surface area contributed by atoms with E-state index in [0.717, 1.165) is 0 Å². The van der Waals surface area contributed by atoms with Crippen LogP contribution in [0, 0.1) is 0 Å². The van der Waals surface area contributed by atoms with Crippen LogP contribution < -0.4 is 5.32 Å². The number of aliphatic carboxylic acids is 2. The third-order valence-corrected chi connectivity index (χ3v) is 2.45. The normalized spacial score (nSPS) is 11.7. The Morgan fingerprint density at radius 2 is 1.89 bits per heavy atom. The molecule has 0 aromatic rings. The molecule has 0 aliphatic rings. The zero-order valence-electron chi connectivity index (χ0n) is 11.1. The number of hydrogen-bond acceptors (Lipinski definition) is 3. The maximum Gasteiger partial charge on any atom is 0.326 e. The van der Waals surface area contributed by atoms with Crippen LogP contribution in [0.3, 0.4) is 0 Å². The van der Waals surface area contributed by atoms with Crippen molar-refractivity contribution in [2.45, 2.75) is 38.8 Å². The van der Waals surface area contributed by atoms with Gasteiger partial charge in [-0.15, -0.1) is 6.58 Å². The highest BCUT2D eigenvalue weighted by Crippen LogP contribution is 2.03. The topological polar surface area (TPSA) is 107 Å². The minimum absolute atomic E-state index is 0.119. The molecule has 0 aromatic carbocycles. The van der Waals surface area contributed by atoms with E-state index in [4.69, 9.17) is 10.2 Å². The van der Waals surface area contributed by atoms with E-state index in [0.29, 0.717) is 0 Å². The SMILES string of the molecule is C=CCN(C(=O)N[C@@H](CCC(=O)O)C(=O)O)C(C)C. The second-order valence-corrected chi connectivity index (χ2v) is 4.31. The molecular weight excluding hydrogens is 252 g/mol. The van der Waals surface area contributed by atoms with E-state index >= 15 is 0 Å². The maximum absolute atomic E-state index is 11.9. The summed E-state index contributed by atoms with van der Waals surface area (Å²) in [6, 6.07) is -1.88. The average Bonchev–Trinajstić information content (AvgIpc) is 2.29. The van der Waals surface area contributed by atoms with E-state index in [1.54, 1.807) is 13.8 Å². The van der Waals surface area contributed by atoms with Gasteiger partial charge in [0.15, 0.2) is 0 Å². The second-order valence-electron chi connectivity index (χ2n) is 4.31. The van der Waals surface area contributed by atoms with Gasteiger partial charge in [-0.05, 0) is 20.3 Å². The molecule has 0 unspecified atom stereocenters. The van der Waals surface area contributed by atoms with Crippen LogP contribution in [0.2, 0.25) is 0 Å². The molecule has 0 rings (SSSR count). The Labute approximate surface area is 111 Å². The minimum Gasteiger partial charge on any atom is -0.481 e. The third kappa shape index (κ3) is 6.44. The largest absolute Gasteiger partial charge is 0.481 e. The zero-order chi connectivity index (χ0) is 15.0. The smallest absolute Gasteiger partial charge is 0.326 e. The van der Waals surface area contributed by atoms with Crippen molar-refractivity contribution >= 4 is 18.0 Å². The van der Waals surface area contributed by atoms with Crippen molar-refractivity contribution in [1.29, 1.82) is 0 Å². The molecule has 0 saturated heterocycles. The quantitative estimate of drug-likeness (QED) is 0.569. The maximum atomic E-state index is 11.9. The number of nitrogens with zero attached hydrogens (tertiary/aromatic N) is 1. The number of carbonyl (C=O) groups excluding carboxylic acids is 1. The Hall–Kier alpha value is -2.05. The lowest BCUT2D eigenvalue weighted by Gasteiger charge is -2.27. The lowest BCUT2D eigenvalue weighted by atomic mass is 10.1. The van der Waals surface area contributed by atoms with Crippen LogP contribution in [0.15, 0.2) is 12.7 Å². The molecule has 7 nitrogen and oxygen atoms in total. The van der Waals surface area contributed by atoms with Crippen molar-refractivity contribution in [1.82, 2.24) is 10.2 Å². The lowest BCUT2D eigenvalue weighted by Crippen LogP contribution is -2.50. The fourth-order valence-electron chi connectivity index (χ4n) is 1.42. The van der Waals surface area contributed by atoms with Gasteiger partial charge in [0, 0.05) is 19.0 Å². The van der Waals surface area contributed by atoms with Gasteiger partial charge in [-0.1, -0.05) is 6.08 Å². The molecule has 2 amide bonds. The Morgan fingerprint density at radius 1 is 1.32 bits per heavy atom. The Morgan fingerprint density at radius 3 is 2.26 bits per heavy atom. The number of amides is 2. The van der Waals surface area contributed by atoms with Crippen LogP contribution in [-0.4, -0.2) is 51.7 Å². The zero-order valence-corrected chi connectivity index (χ0v) is 11.1. The van der Waals surface area contributed by atoms with Crippen LogP contribution in [0.1, 0.15) is 26.7 Å². The first kappa shape index (κ1) is 16.9. The monoisotopic (exact) mass is 272 g/mol. The van der Waals surface area contributed by atoms with Crippen LogP contribution in [-0.2, 0) is 9.59 Å². The molecule has 7 heteroatoms. The fourth-order valence-corrected chi connectivity index (χ4v) is 1.42. The first-order valence-corrected chi connectivity index (χ1v) is 5.92. The number of carboxylic acid groups (broad SMARTS) is 2. The van der Waals surface area contributed by atoms with Crippen molar-refractivity contribution < 1.29 is 24.6 Å². The molecule has 0 fully saturated rings. The molecule has 0 bridgehead atoms. The Balaban J connectivity index is 4.63. The second kappa shape index (κ2) is 8.12. The van der Waals surface area contributed by atoms with Crippen molar-refractivity contribution in [3.8, 4) is 0 Å². The summed E-state index contributed by atoms with van der Waals surface area (Å²) in [5.74, 6) is -2.36. The number of rotatable bonds is 8. The molecule has 108 valence electrons. The predicted octanol–water partition coefficient (Wildman–Crippen LogP) is 0.910.